The minimum absolute atomic E-state index is 0.175. The first-order valence-corrected chi connectivity index (χ1v) is 18.0. The Labute approximate surface area is 306 Å². The number of aromatic nitrogens is 2. The highest BCUT2D eigenvalue weighted by atomic mass is 16.3. The summed E-state index contributed by atoms with van der Waals surface area (Å²) in [7, 11) is 0. The zero-order valence-electron chi connectivity index (χ0n) is 29.2. The van der Waals surface area contributed by atoms with E-state index in [1.807, 2.05) is 48.8 Å². The summed E-state index contributed by atoms with van der Waals surface area (Å²) in [5.41, 5.74) is 16.9. The van der Waals surface area contributed by atoms with Crippen LogP contribution >= 0.6 is 0 Å². The van der Waals surface area contributed by atoms with Crippen LogP contribution in [0.2, 0.25) is 0 Å². The van der Waals surface area contributed by atoms with Crippen molar-refractivity contribution in [2.45, 2.75) is 19.3 Å². The van der Waals surface area contributed by atoms with Crippen molar-refractivity contribution in [1.29, 1.82) is 0 Å². The van der Waals surface area contributed by atoms with Crippen molar-refractivity contribution in [2.75, 3.05) is 0 Å². The third-order valence-corrected chi connectivity index (χ3v) is 11.2. The molecule has 1 aliphatic rings. The van der Waals surface area contributed by atoms with Crippen molar-refractivity contribution in [3.05, 3.63) is 169 Å². The summed E-state index contributed by atoms with van der Waals surface area (Å²) in [5, 5.41) is 4.46. The van der Waals surface area contributed by atoms with Crippen LogP contribution < -0.4 is 0 Å². The number of para-hydroxylation sites is 4. The van der Waals surface area contributed by atoms with Gasteiger partial charge in [0.15, 0.2) is 0 Å². The number of nitrogens with zero attached hydrogens (tertiary/aromatic N) is 2. The SMILES string of the molecule is CC1(C)c2cc(-c3ccc(-c4cccc5c4oc4ccccc45)nc3)ccc2-c2ccc(-c3ccc(-c4cccc5c4oc4ccccc45)nc3)cc21. The second kappa shape index (κ2) is 11.1. The predicted octanol–water partition coefficient (Wildman–Crippen LogP) is 13.2. The van der Waals surface area contributed by atoms with Crippen LogP contribution in [0.1, 0.15) is 25.0 Å². The largest absolute Gasteiger partial charge is 0.455 e. The number of benzene rings is 6. The molecule has 6 aromatic carbocycles. The number of furan rings is 2. The standard InChI is InChI=1S/C49H32N2O2/c1-49(2)41-25-29(31-19-23-43(50-27-31)39-13-7-11-37-35-9-3-5-15-45(35)52-47(37)39)17-21-33(41)34-22-18-30(26-42(34)49)32-20-24-44(51-28-32)40-14-8-12-38-36-10-4-6-16-46(36)53-48(38)40/h3-28H,1-2H3. The molecule has 0 saturated heterocycles. The van der Waals surface area contributed by atoms with E-state index in [1.165, 1.54) is 22.3 Å². The van der Waals surface area contributed by atoms with Gasteiger partial charge < -0.3 is 8.83 Å². The molecule has 0 fully saturated rings. The molecule has 0 saturated carbocycles. The first-order chi connectivity index (χ1) is 26.0. The Morgan fingerprint density at radius 2 is 0.830 bits per heavy atom. The molecule has 1 aliphatic carbocycles. The van der Waals surface area contributed by atoms with Gasteiger partial charge in [-0.25, -0.2) is 0 Å². The Morgan fingerprint density at radius 1 is 0.396 bits per heavy atom. The number of pyridine rings is 2. The smallest absolute Gasteiger partial charge is 0.144 e. The first kappa shape index (κ1) is 29.9. The quantitative estimate of drug-likeness (QED) is 0.186. The van der Waals surface area contributed by atoms with Gasteiger partial charge in [-0.1, -0.05) is 111 Å². The highest BCUT2D eigenvalue weighted by Gasteiger charge is 2.36. The highest BCUT2D eigenvalue weighted by molar-refractivity contribution is 6.10. The first-order valence-electron chi connectivity index (χ1n) is 18.0. The zero-order chi connectivity index (χ0) is 35.3. The van der Waals surface area contributed by atoms with Crippen LogP contribution in [0.15, 0.2) is 167 Å². The van der Waals surface area contributed by atoms with Gasteiger partial charge in [0, 0.05) is 61.6 Å². The molecule has 4 nitrogen and oxygen atoms in total. The molecule has 11 rings (SSSR count). The third kappa shape index (κ3) is 4.49. The third-order valence-electron chi connectivity index (χ3n) is 11.2. The summed E-state index contributed by atoms with van der Waals surface area (Å²) < 4.78 is 12.6. The van der Waals surface area contributed by atoms with Crippen LogP contribution in [0.25, 0.3) is 99.8 Å². The molecule has 250 valence electrons. The van der Waals surface area contributed by atoms with E-state index in [-0.39, 0.29) is 5.41 Å². The Kier molecular flexibility index (Phi) is 6.27. The van der Waals surface area contributed by atoms with E-state index in [1.54, 1.807) is 0 Å². The van der Waals surface area contributed by atoms with Gasteiger partial charge >= 0.3 is 0 Å². The average Bonchev–Trinajstić information content (AvgIpc) is 3.86. The molecule has 0 unspecified atom stereocenters. The molecular formula is C49H32N2O2. The van der Waals surface area contributed by atoms with Gasteiger partial charge in [0.1, 0.15) is 22.3 Å². The van der Waals surface area contributed by atoms with Crippen molar-refractivity contribution in [3.8, 4) is 55.9 Å². The molecule has 4 aromatic heterocycles. The Bertz CT molecular complexity index is 2860. The van der Waals surface area contributed by atoms with Crippen LogP contribution in [0.4, 0.5) is 0 Å². The normalized spacial score (nSPS) is 13.2. The molecule has 4 heterocycles. The van der Waals surface area contributed by atoms with E-state index in [9.17, 15) is 0 Å². The van der Waals surface area contributed by atoms with Gasteiger partial charge in [-0.2, -0.15) is 0 Å². The fourth-order valence-electron chi connectivity index (χ4n) is 8.44. The molecule has 4 heteroatoms. The molecule has 0 spiro atoms. The van der Waals surface area contributed by atoms with E-state index in [4.69, 9.17) is 18.8 Å². The van der Waals surface area contributed by atoms with Crippen molar-refractivity contribution < 1.29 is 8.83 Å². The number of hydrogen-bond acceptors (Lipinski definition) is 4. The molecule has 0 aliphatic heterocycles. The van der Waals surface area contributed by atoms with Crippen molar-refractivity contribution in [1.82, 2.24) is 9.97 Å². The molecule has 10 aromatic rings. The molecule has 53 heavy (non-hydrogen) atoms. The highest BCUT2D eigenvalue weighted by Crippen LogP contribution is 2.51. The van der Waals surface area contributed by atoms with Crippen LogP contribution in [0, 0.1) is 0 Å². The van der Waals surface area contributed by atoms with Gasteiger partial charge in [-0.05, 0) is 81.9 Å². The van der Waals surface area contributed by atoms with Gasteiger partial charge in [-0.15, -0.1) is 0 Å². The van der Waals surface area contributed by atoms with Gasteiger partial charge in [0.25, 0.3) is 0 Å². The maximum atomic E-state index is 6.29. The topological polar surface area (TPSA) is 52.1 Å². The lowest BCUT2D eigenvalue weighted by Gasteiger charge is -2.22. The summed E-state index contributed by atoms with van der Waals surface area (Å²) in [6.45, 7) is 4.66. The van der Waals surface area contributed by atoms with Crippen LogP contribution in [0.3, 0.4) is 0 Å². The molecule has 0 bridgehead atoms. The lowest BCUT2D eigenvalue weighted by molar-refractivity contribution is 0.661. The Balaban J connectivity index is 0.898. The fraction of sp³-hybridized carbons (Fsp3) is 0.0612. The summed E-state index contributed by atoms with van der Waals surface area (Å²) in [6, 6.07) is 51.2. The lowest BCUT2D eigenvalue weighted by atomic mass is 9.81. The van der Waals surface area contributed by atoms with E-state index < -0.39 is 0 Å². The Hall–Kier alpha value is -6.78. The summed E-state index contributed by atoms with van der Waals surface area (Å²) in [5.74, 6) is 0. The molecule has 0 N–H and O–H groups in total. The maximum Gasteiger partial charge on any atom is 0.144 e. The summed E-state index contributed by atoms with van der Waals surface area (Å²) in [4.78, 5) is 9.88. The second-order valence-electron chi connectivity index (χ2n) is 14.6. The minimum atomic E-state index is -0.175. The minimum Gasteiger partial charge on any atom is -0.455 e. The van der Waals surface area contributed by atoms with Gasteiger partial charge in [0.2, 0.25) is 0 Å². The average molecular weight is 681 g/mol. The second-order valence-corrected chi connectivity index (χ2v) is 14.6. The molecule has 0 atom stereocenters. The van der Waals surface area contributed by atoms with Crippen LogP contribution in [-0.4, -0.2) is 9.97 Å². The monoisotopic (exact) mass is 680 g/mol. The maximum absolute atomic E-state index is 6.29. The van der Waals surface area contributed by atoms with Gasteiger partial charge in [-0.3, -0.25) is 9.97 Å². The molecule has 0 amide bonds. The lowest BCUT2D eigenvalue weighted by Crippen LogP contribution is -2.15. The van der Waals surface area contributed by atoms with E-state index in [0.717, 1.165) is 88.6 Å². The number of rotatable bonds is 4. The van der Waals surface area contributed by atoms with E-state index in [0.29, 0.717) is 0 Å². The molecular weight excluding hydrogens is 649 g/mol. The molecule has 0 radical (unpaired) electrons. The number of fused-ring (bicyclic) bond motifs is 9. The Morgan fingerprint density at radius 3 is 1.28 bits per heavy atom. The fourth-order valence-corrected chi connectivity index (χ4v) is 8.44. The van der Waals surface area contributed by atoms with Crippen molar-refractivity contribution in [2.24, 2.45) is 0 Å². The van der Waals surface area contributed by atoms with Crippen LogP contribution in [0.5, 0.6) is 0 Å². The number of hydrogen-bond donors (Lipinski definition) is 0. The van der Waals surface area contributed by atoms with E-state index >= 15 is 0 Å². The van der Waals surface area contributed by atoms with Crippen molar-refractivity contribution >= 4 is 43.9 Å². The van der Waals surface area contributed by atoms with Crippen molar-refractivity contribution in [3.63, 3.8) is 0 Å². The summed E-state index contributed by atoms with van der Waals surface area (Å²) in [6.07, 6.45) is 3.97. The predicted molar refractivity (Wildman–Crippen MR) is 216 cm³/mol. The summed E-state index contributed by atoms with van der Waals surface area (Å²) >= 11 is 0. The van der Waals surface area contributed by atoms with E-state index in [2.05, 4.69) is 123 Å². The zero-order valence-corrected chi connectivity index (χ0v) is 29.2. The van der Waals surface area contributed by atoms with Gasteiger partial charge in [0.05, 0.1) is 11.4 Å². The van der Waals surface area contributed by atoms with Crippen LogP contribution in [-0.2, 0) is 5.41 Å².